The van der Waals surface area contributed by atoms with Crippen LogP contribution in [0.2, 0.25) is 0 Å². The molecular weight excluding hydrogens is 208 g/mol. The van der Waals surface area contributed by atoms with Crippen molar-refractivity contribution in [2.24, 2.45) is 0 Å². The van der Waals surface area contributed by atoms with Crippen LogP contribution in [0, 0.1) is 0 Å². The largest absolute Gasteiger partial charge is 0.479 e. The molecule has 4 N–H and O–H groups in total. The van der Waals surface area contributed by atoms with Gasteiger partial charge in [-0.05, 0) is 6.85 Å². The minimum absolute atomic E-state index is 1.69. The number of carboxylic acids is 1. The minimum atomic E-state index is -3.25. The van der Waals surface area contributed by atoms with E-state index in [1.165, 1.54) is 0 Å². The Morgan fingerprint density at radius 3 is 2.67 bits per heavy atom. The quantitative estimate of drug-likeness (QED) is 0.437. The van der Waals surface area contributed by atoms with Gasteiger partial charge in [-0.15, -0.1) is 0 Å². The molecule has 0 aliphatic carbocycles. The molecule has 1 rings (SSSR count). The Labute approximate surface area is 92.9 Å². The Morgan fingerprint density at radius 1 is 1.47 bits per heavy atom. The van der Waals surface area contributed by atoms with E-state index in [0.717, 1.165) is 0 Å². The van der Waals surface area contributed by atoms with Gasteiger partial charge in [0.05, 0.1) is 2.74 Å². The summed E-state index contributed by atoms with van der Waals surface area (Å²) in [6.45, 7) is -6.47. The fraction of sp³-hybridized carbons (Fsp3) is 0.875. The maximum Gasteiger partial charge on any atom is 0.335 e. The van der Waals surface area contributed by atoms with Crippen LogP contribution in [-0.4, -0.2) is 63.7 Å². The lowest BCUT2D eigenvalue weighted by Crippen LogP contribution is -2.60. The first-order valence-electron chi connectivity index (χ1n) is 6.49. The van der Waals surface area contributed by atoms with E-state index >= 15 is 0 Å². The average molecular weight is 227 g/mol. The molecule has 0 radical (unpaired) electrons. The van der Waals surface area contributed by atoms with Gasteiger partial charge in [0.2, 0.25) is 0 Å². The molecule has 1 saturated heterocycles. The smallest absolute Gasteiger partial charge is 0.335 e. The van der Waals surface area contributed by atoms with Crippen molar-refractivity contribution in [1.29, 1.82) is 0 Å². The van der Waals surface area contributed by atoms with E-state index in [1.54, 1.807) is 0 Å². The highest BCUT2D eigenvalue weighted by Crippen LogP contribution is 2.22. The zero-order chi connectivity index (χ0) is 15.9. The second kappa shape index (κ2) is 4.86. The summed E-state index contributed by atoms with van der Waals surface area (Å²) >= 11 is 0. The molecule has 7 heteroatoms. The minimum Gasteiger partial charge on any atom is -0.479 e. The highest BCUT2D eigenvalue weighted by Gasteiger charge is 2.47. The van der Waals surface area contributed by atoms with Gasteiger partial charge in [-0.1, -0.05) is 0 Å². The molecule has 1 fully saturated rings. The topological polar surface area (TPSA) is 116 Å². The van der Waals surface area contributed by atoms with Crippen molar-refractivity contribution in [3.63, 3.8) is 0 Å². The number of carboxylic acid groups (broad SMARTS) is 1. The highest BCUT2D eigenvalue weighted by molar-refractivity contribution is 5.73. The van der Waals surface area contributed by atoms with Gasteiger partial charge in [0.15, 0.2) is 12.4 Å². The number of ether oxygens (including phenoxy) is 2. The van der Waals surface area contributed by atoms with Crippen LogP contribution in [0.1, 0.15) is 13.7 Å². The molecule has 0 amide bonds. The summed E-state index contributed by atoms with van der Waals surface area (Å²) in [6, 6.07) is 0. The van der Waals surface area contributed by atoms with Gasteiger partial charge in [-0.25, -0.2) is 4.79 Å². The van der Waals surface area contributed by atoms with Crippen LogP contribution >= 0.6 is 0 Å². The lowest BCUT2D eigenvalue weighted by molar-refractivity contribution is -0.292. The summed E-state index contributed by atoms with van der Waals surface area (Å²) in [5.41, 5.74) is 0. The van der Waals surface area contributed by atoms with Crippen LogP contribution in [0.15, 0.2) is 0 Å². The van der Waals surface area contributed by atoms with E-state index < -0.39 is 50.1 Å². The van der Waals surface area contributed by atoms with Gasteiger partial charge >= 0.3 is 5.97 Å². The predicted molar refractivity (Wildman–Crippen MR) is 45.9 cm³/mol. The summed E-state index contributed by atoms with van der Waals surface area (Å²) in [5, 5.41) is 37.1. The molecule has 7 nitrogen and oxygen atoms in total. The molecule has 0 spiro atoms. The van der Waals surface area contributed by atoms with Crippen molar-refractivity contribution in [3.8, 4) is 0 Å². The Hall–Kier alpha value is -0.730. The van der Waals surface area contributed by atoms with Crippen molar-refractivity contribution in [3.05, 3.63) is 0 Å². The first-order valence-corrected chi connectivity index (χ1v) is 3.99. The lowest BCUT2D eigenvalue weighted by Gasteiger charge is -2.38. The van der Waals surface area contributed by atoms with Gasteiger partial charge in [0.25, 0.3) is 0 Å². The van der Waals surface area contributed by atoms with E-state index in [4.69, 9.17) is 12.0 Å². The average Bonchev–Trinajstić information content (AvgIpc) is 2.27. The van der Waals surface area contributed by atoms with Crippen molar-refractivity contribution >= 4 is 5.97 Å². The van der Waals surface area contributed by atoms with Crippen LogP contribution < -0.4 is 0 Å². The van der Waals surface area contributed by atoms with Crippen molar-refractivity contribution < 1.29 is 41.5 Å². The number of aliphatic carboxylic acids is 1. The van der Waals surface area contributed by atoms with Gasteiger partial charge in [-0.3, -0.25) is 0 Å². The Kier molecular flexibility index (Phi) is 2.19. The number of rotatable bonds is 3. The fourth-order valence-corrected chi connectivity index (χ4v) is 1.21. The molecule has 0 aromatic carbocycles. The second-order valence-electron chi connectivity index (χ2n) is 2.96. The molecule has 0 saturated carbocycles. The molecular formula is C8H14O7. The van der Waals surface area contributed by atoms with E-state index in [2.05, 4.69) is 9.47 Å². The fourth-order valence-electron chi connectivity index (χ4n) is 1.21. The molecule has 1 aliphatic heterocycles. The maximum absolute atomic E-state index is 10.8. The molecule has 0 aromatic heterocycles. The SMILES string of the molecule is [2H]C([2H])([2H])C([2H])([2H])OC1OC(C(=O)O)C(O)C(O)C1O. The molecule has 15 heavy (non-hydrogen) atoms. The molecule has 88 valence electrons. The third kappa shape index (κ3) is 2.44. The summed E-state index contributed by atoms with van der Waals surface area (Å²) in [7, 11) is 0. The highest BCUT2D eigenvalue weighted by atomic mass is 16.7. The summed E-state index contributed by atoms with van der Waals surface area (Å²) < 4.78 is 44.1. The Bertz CT molecular complexity index is 373. The van der Waals surface area contributed by atoms with Crippen molar-refractivity contribution in [2.45, 2.75) is 37.6 Å². The van der Waals surface area contributed by atoms with Crippen molar-refractivity contribution in [1.82, 2.24) is 0 Å². The number of aliphatic hydroxyl groups is 3. The summed E-state index contributed by atoms with van der Waals surface area (Å²) in [4.78, 5) is 10.8. The molecule has 1 heterocycles. The maximum atomic E-state index is 10.8. The molecule has 5 atom stereocenters. The van der Waals surface area contributed by atoms with Gasteiger partial charge < -0.3 is 29.9 Å². The molecule has 1 aliphatic rings. The summed E-state index contributed by atoms with van der Waals surface area (Å²) in [5.74, 6) is -1.69. The van der Waals surface area contributed by atoms with Crippen LogP contribution in [0.3, 0.4) is 0 Å². The predicted octanol–water partition coefficient (Wildman–Crippen LogP) is -2.08. The Morgan fingerprint density at radius 2 is 2.13 bits per heavy atom. The van der Waals surface area contributed by atoms with Crippen LogP contribution in [-0.2, 0) is 14.3 Å². The van der Waals surface area contributed by atoms with Gasteiger partial charge in [0, 0.05) is 10.7 Å². The first-order chi connectivity index (χ1) is 8.88. The zero-order valence-electron chi connectivity index (χ0n) is 12.4. The third-order valence-corrected chi connectivity index (χ3v) is 1.99. The Balaban J connectivity index is 2.92. The normalized spacial score (nSPS) is 48.2. The van der Waals surface area contributed by atoms with Gasteiger partial charge in [-0.2, -0.15) is 0 Å². The van der Waals surface area contributed by atoms with Crippen LogP contribution in [0.5, 0.6) is 0 Å². The van der Waals surface area contributed by atoms with Gasteiger partial charge in [0.1, 0.15) is 18.3 Å². The first kappa shape index (κ1) is 6.77. The number of hydrogen-bond acceptors (Lipinski definition) is 6. The third-order valence-electron chi connectivity index (χ3n) is 1.99. The number of carbonyl (C=O) groups is 1. The lowest BCUT2D eigenvalue weighted by atomic mass is 9.99. The van der Waals surface area contributed by atoms with E-state index in [0.29, 0.717) is 0 Å². The van der Waals surface area contributed by atoms with Crippen LogP contribution in [0.4, 0.5) is 0 Å². The monoisotopic (exact) mass is 227 g/mol. The van der Waals surface area contributed by atoms with E-state index in [9.17, 15) is 20.1 Å². The zero-order valence-corrected chi connectivity index (χ0v) is 7.40. The van der Waals surface area contributed by atoms with Crippen LogP contribution in [0.25, 0.3) is 0 Å². The number of aliphatic hydroxyl groups excluding tert-OH is 3. The van der Waals surface area contributed by atoms with E-state index in [-0.39, 0.29) is 0 Å². The standard InChI is InChI=1S/C8H14O7/c1-2-14-8-5(11)3(9)4(10)6(15-8)7(12)13/h3-6,8-11H,2H2,1H3,(H,12,13)/i1D3,2D2. The summed E-state index contributed by atoms with van der Waals surface area (Å²) in [6.07, 6.45) is -10.0. The molecule has 5 unspecified atom stereocenters. The second-order valence-corrected chi connectivity index (χ2v) is 2.96. The molecule has 0 aromatic rings. The van der Waals surface area contributed by atoms with Crippen molar-refractivity contribution in [2.75, 3.05) is 6.56 Å². The number of hydrogen-bond donors (Lipinski definition) is 4. The molecule has 0 bridgehead atoms. The van der Waals surface area contributed by atoms with E-state index in [1.807, 2.05) is 0 Å².